The zero-order valence-electron chi connectivity index (χ0n) is 7.16. The molecule has 0 aliphatic carbocycles. The molecule has 0 fully saturated rings. The molecule has 2 N–H and O–H groups in total. The Labute approximate surface area is 71.6 Å². The molecule has 0 amide bonds. The van der Waals surface area contributed by atoms with Gasteiger partial charge in [0.2, 0.25) is 0 Å². The first-order chi connectivity index (χ1) is 5.11. The molecule has 0 aliphatic heterocycles. The van der Waals surface area contributed by atoms with Crippen molar-refractivity contribution in [3.63, 3.8) is 0 Å². The summed E-state index contributed by atoms with van der Waals surface area (Å²) in [6, 6.07) is 2.33. The third-order valence-corrected chi connectivity index (χ3v) is 2.96. The van der Waals surface area contributed by atoms with E-state index >= 15 is 0 Å². The molecule has 2 atom stereocenters. The Morgan fingerprint density at radius 2 is 2.18 bits per heavy atom. The van der Waals surface area contributed by atoms with Gasteiger partial charge in [-0.25, -0.2) is 0 Å². The lowest BCUT2D eigenvalue weighted by molar-refractivity contribution is 0.622. The van der Waals surface area contributed by atoms with Gasteiger partial charge in [0.25, 0.3) is 0 Å². The second kappa shape index (κ2) is 3.32. The van der Waals surface area contributed by atoms with Crippen LogP contribution >= 0.6 is 11.5 Å². The van der Waals surface area contributed by atoms with Crippen LogP contribution < -0.4 is 5.73 Å². The number of hydrogen-bond donors (Lipinski definition) is 1. The molecule has 0 spiro atoms. The molecule has 2 nitrogen and oxygen atoms in total. The highest BCUT2D eigenvalue weighted by Crippen LogP contribution is 2.22. The van der Waals surface area contributed by atoms with Gasteiger partial charge in [-0.05, 0) is 31.4 Å². The van der Waals surface area contributed by atoms with Crippen LogP contribution in [0, 0.1) is 6.92 Å². The van der Waals surface area contributed by atoms with Crippen LogP contribution in [0.1, 0.15) is 30.3 Å². The van der Waals surface area contributed by atoms with E-state index in [1.165, 1.54) is 4.88 Å². The highest BCUT2D eigenvalue weighted by Gasteiger charge is 2.12. The molecule has 0 bridgehead atoms. The number of nitrogens with two attached hydrogens (primary N) is 1. The zero-order chi connectivity index (χ0) is 8.43. The van der Waals surface area contributed by atoms with E-state index in [9.17, 15) is 0 Å². The Kier molecular flexibility index (Phi) is 2.62. The molecule has 0 aliphatic rings. The van der Waals surface area contributed by atoms with Crippen LogP contribution in [0.15, 0.2) is 6.07 Å². The third kappa shape index (κ3) is 2.01. The number of rotatable bonds is 2. The second-order valence-electron chi connectivity index (χ2n) is 3.02. The van der Waals surface area contributed by atoms with Crippen molar-refractivity contribution >= 4 is 11.5 Å². The molecule has 11 heavy (non-hydrogen) atoms. The molecule has 2 unspecified atom stereocenters. The van der Waals surface area contributed by atoms with Crippen LogP contribution in [0.2, 0.25) is 0 Å². The van der Waals surface area contributed by atoms with Crippen molar-refractivity contribution in [2.24, 2.45) is 5.73 Å². The van der Waals surface area contributed by atoms with Gasteiger partial charge in [0.1, 0.15) is 0 Å². The molecule has 0 saturated heterocycles. The minimum absolute atomic E-state index is 0.217. The van der Waals surface area contributed by atoms with Crippen LogP contribution in [0.3, 0.4) is 0 Å². The maximum atomic E-state index is 5.76. The van der Waals surface area contributed by atoms with Gasteiger partial charge in [-0.3, -0.25) is 0 Å². The Balaban J connectivity index is 2.76. The summed E-state index contributed by atoms with van der Waals surface area (Å²) in [5, 5.41) is 0. The Hall–Kier alpha value is -0.410. The van der Waals surface area contributed by atoms with Crippen molar-refractivity contribution < 1.29 is 0 Å². The number of nitrogens with zero attached hydrogens (tertiary/aromatic N) is 1. The third-order valence-electron chi connectivity index (χ3n) is 1.88. The van der Waals surface area contributed by atoms with Crippen LogP contribution in [0.4, 0.5) is 0 Å². The van der Waals surface area contributed by atoms with Crippen molar-refractivity contribution in [3.05, 3.63) is 16.6 Å². The normalized spacial score (nSPS) is 16.4. The summed E-state index contributed by atoms with van der Waals surface area (Å²) >= 11 is 1.56. The van der Waals surface area contributed by atoms with E-state index in [0.717, 1.165) is 5.69 Å². The van der Waals surface area contributed by atoms with Gasteiger partial charge in [-0.2, -0.15) is 4.37 Å². The molecule has 0 aromatic carbocycles. The Morgan fingerprint density at radius 1 is 1.55 bits per heavy atom. The molecule has 1 aromatic rings. The van der Waals surface area contributed by atoms with Gasteiger partial charge in [-0.15, -0.1) is 0 Å². The number of hydrogen-bond acceptors (Lipinski definition) is 3. The molecule has 62 valence electrons. The smallest absolute Gasteiger partial charge is 0.0514 e. The maximum Gasteiger partial charge on any atom is 0.0514 e. The van der Waals surface area contributed by atoms with Gasteiger partial charge in [0.05, 0.1) is 5.69 Å². The lowest BCUT2D eigenvalue weighted by atomic mass is 10.0. The highest BCUT2D eigenvalue weighted by atomic mass is 32.1. The predicted octanol–water partition coefficient (Wildman–Crippen LogP) is 1.90. The van der Waals surface area contributed by atoms with Gasteiger partial charge < -0.3 is 5.73 Å². The minimum atomic E-state index is 0.217. The van der Waals surface area contributed by atoms with E-state index in [-0.39, 0.29) is 6.04 Å². The summed E-state index contributed by atoms with van der Waals surface area (Å²) in [4.78, 5) is 1.29. The standard InChI is InChI=1S/C8H14N2S/c1-5-4-8(11-10-5)6(2)7(3)9/h4,6-7H,9H2,1-3H3. The predicted molar refractivity (Wildman–Crippen MR) is 48.9 cm³/mol. The van der Waals surface area contributed by atoms with E-state index in [2.05, 4.69) is 17.4 Å². The highest BCUT2D eigenvalue weighted by molar-refractivity contribution is 7.05. The van der Waals surface area contributed by atoms with Crippen LogP contribution in [0.25, 0.3) is 0 Å². The van der Waals surface area contributed by atoms with Crippen LogP contribution in [-0.2, 0) is 0 Å². The molecule has 0 radical (unpaired) electrons. The van der Waals surface area contributed by atoms with Crippen molar-refractivity contribution in [1.29, 1.82) is 0 Å². The second-order valence-corrected chi connectivity index (χ2v) is 3.86. The van der Waals surface area contributed by atoms with Gasteiger partial charge in [0, 0.05) is 16.8 Å². The van der Waals surface area contributed by atoms with E-state index in [1.54, 1.807) is 11.5 Å². The fourth-order valence-corrected chi connectivity index (χ4v) is 1.76. The summed E-state index contributed by atoms with van der Waals surface area (Å²) < 4.78 is 4.21. The van der Waals surface area contributed by atoms with E-state index in [1.807, 2.05) is 13.8 Å². The average molecular weight is 170 g/mol. The summed E-state index contributed by atoms with van der Waals surface area (Å²) in [6.45, 7) is 6.17. The van der Waals surface area contributed by atoms with E-state index in [0.29, 0.717) is 5.92 Å². The molecular formula is C8H14N2S. The maximum absolute atomic E-state index is 5.76. The first-order valence-electron chi connectivity index (χ1n) is 3.80. The fourth-order valence-electron chi connectivity index (χ4n) is 0.857. The summed E-state index contributed by atoms with van der Waals surface area (Å²) in [6.07, 6.45) is 0. The van der Waals surface area contributed by atoms with Crippen LogP contribution in [0.5, 0.6) is 0 Å². The zero-order valence-corrected chi connectivity index (χ0v) is 7.98. The van der Waals surface area contributed by atoms with Gasteiger partial charge in [0.15, 0.2) is 0 Å². The molecule has 1 aromatic heterocycles. The fraction of sp³-hybridized carbons (Fsp3) is 0.625. The SMILES string of the molecule is Cc1cc(C(C)C(C)N)sn1. The largest absolute Gasteiger partial charge is 0.327 e. The monoisotopic (exact) mass is 170 g/mol. The molecule has 0 saturated carbocycles. The first-order valence-corrected chi connectivity index (χ1v) is 4.57. The summed E-state index contributed by atoms with van der Waals surface area (Å²) in [5.74, 6) is 0.432. The molecular weight excluding hydrogens is 156 g/mol. The van der Waals surface area contributed by atoms with Crippen molar-refractivity contribution in [1.82, 2.24) is 4.37 Å². The van der Waals surface area contributed by atoms with E-state index < -0.39 is 0 Å². The number of aromatic nitrogens is 1. The van der Waals surface area contributed by atoms with Crippen molar-refractivity contribution in [2.75, 3.05) is 0 Å². The van der Waals surface area contributed by atoms with Gasteiger partial charge in [-0.1, -0.05) is 6.92 Å². The minimum Gasteiger partial charge on any atom is -0.327 e. The molecule has 1 heterocycles. The summed E-state index contributed by atoms with van der Waals surface area (Å²) in [7, 11) is 0. The summed E-state index contributed by atoms with van der Waals surface area (Å²) in [5.41, 5.74) is 6.85. The quantitative estimate of drug-likeness (QED) is 0.736. The lowest BCUT2D eigenvalue weighted by Gasteiger charge is -2.11. The van der Waals surface area contributed by atoms with E-state index in [4.69, 9.17) is 5.73 Å². The number of aryl methyl sites for hydroxylation is 1. The van der Waals surface area contributed by atoms with Crippen molar-refractivity contribution in [3.8, 4) is 0 Å². The Bertz CT molecular complexity index is 230. The average Bonchev–Trinajstić information content (AvgIpc) is 2.34. The topological polar surface area (TPSA) is 38.9 Å². The molecule has 3 heteroatoms. The van der Waals surface area contributed by atoms with Crippen LogP contribution in [-0.4, -0.2) is 10.4 Å². The molecule has 1 rings (SSSR count). The first kappa shape index (κ1) is 8.68. The Morgan fingerprint density at radius 3 is 2.55 bits per heavy atom. The van der Waals surface area contributed by atoms with Crippen molar-refractivity contribution in [2.45, 2.75) is 32.7 Å². The lowest BCUT2D eigenvalue weighted by Crippen LogP contribution is -2.21. The van der Waals surface area contributed by atoms with Gasteiger partial charge >= 0.3 is 0 Å².